The maximum absolute atomic E-state index is 12.0. The van der Waals surface area contributed by atoms with Crippen LogP contribution in [0.15, 0.2) is 94.7 Å². The molecule has 0 saturated carbocycles. The van der Waals surface area contributed by atoms with Crippen molar-refractivity contribution in [1.82, 2.24) is 0 Å². The van der Waals surface area contributed by atoms with Crippen LogP contribution in [0.3, 0.4) is 0 Å². The number of amides is 3. The Morgan fingerprint density at radius 3 is 1.52 bits per heavy atom. The van der Waals surface area contributed by atoms with Gasteiger partial charge in [0.15, 0.2) is 19.7 Å². The summed E-state index contributed by atoms with van der Waals surface area (Å²) in [6.07, 6.45) is 5.03. The van der Waals surface area contributed by atoms with Crippen LogP contribution < -0.4 is 14.7 Å². The van der Waals surface area contributed by atoms with Gasteiger partial charge in [0.1, 0.15) is 0 Å². The van der Waals surface area contributed by atoms with E-state index in [2.05, 4.69) is 13.0 Å². The zero-order chi connectivity index (χ0) is 36.5. The molecule has 0 aromatic heterocycles. The van der Waals surface area contributed by atoms with E-state index in [9.17, 15) is 31.2 Å². The Bertz CT molecular complexity index is 2160. The highest BCUT2D eigenvalue weighted by Gasteiger charge is 2.31. The van der Waals surface area contributed by atoms with Gasteiger partial charge in [0.2, 0.25) is 18.2 Å². The smallest absolute Gasteiger partial charge is 0.224 e. The van der Waals surface area contributed by atoms with Gasteiger partial charge in [-0.15, -0.1) is 0 Å². The summed E-state index contributed by atoms with van der Waals surface area (Å²) in [7, 11) is -6.43. The first-order valence-electron chi connectivity index (χ1n) is 16.2. The Balaban J connectivity index is 0.000000195. The largest absolute Gasteiger partial charge is 0.311 e. The number of fused-ring (bicyclic) bond motifs is 2. The number of carbonyl (C=O) groups is 3. The topological polar surface area (TPSA) is 129 Å². The van der Waals surface area contributed by atoms with Crippen LogP contribution in [-0.2, 0) is 40.5 Å². The van der Waals surface area contributed by atoms with Crippen LogP contribution in [0.25, 0.3) is 22.3 Å². The number of hydrogen-bond acceptors (Lipinski definition) is 7. The van der Waals surface area contributed by atoms with Crippen molar-refractivity contribution in [3.63, 3.8) is 0 Å². The van der Waals surface area contributed by atoms with Crippen LogP contribution in [0.1, 0.15) is 39.7 Å². The molecule has 262 valence electrons. The molecule has 6 rings (SSSR count). The average Bonchev–Trinajstić information content (AvgIpc) is 3.06. The van der Waals surface area contributed by atoms with E-state index in [1.807, 2.05) is 54.3 Å². The zero-order valence-corrected chi connectivity index (χ0v) is 30.6. The lowest BCUT2D eigenvalue weighted by atomic mass is 9.93. The second kappa shape index (κ2) is 14.2. The minimum atomic E-state index is -3.25. The van der Waals surface area contributed by atoms with Crippen LogP contribution in [0.2, 0.25) is 0 Å². The second-order valence-corrected chi connectivity index (χ2v) is 16.9. The minimum absolute atomic E-state index is 0.0636. The lowest BCUT2D eigenvalue weighted by Gasteiger charge is -2.39. The van der Waals surface area contributed by atoms with Crippen LogP contribution >= 0.6 is 0 Å². The van der Waals surface area contributed by atoms with Gasteiger partial charge < -0.3 is 14.7 Å². The summed E-state index contributed by atoms with van der Waals surface area (Å²) < 4.78 is 46.3. The van der Waals surface area contributed by atoms with E-state index < -0.39 is 19.7 Å². The van der Waals surface area contributed by atoms with Gasteiger partial charge in [-0.2, -0.15) is 0 Å². The Morgan fingerprint density at radius 1 is 0.620 bits per heavy atom. The Labute approximate surface area is 294 Å². The van der Waals surface area contributed by atoms with Crippen molar-refractivity contribution < 1.29 is 31.2 Å². The van der Waals surface area contributed by atoms with E-state index in [0.29, 0.717) is 22.8 Å². The molecule has 0 aliphatic carbocycles. The van der Waals surface area contributed by atoms with Crippen molar-refractivity contribution in [1.29, 1.82) is 0 Å². The molecule has 50 heavy (non-hydrogen) atoms. The molecule has 2 aliphatic heterocycles. The molecule has 2 heterocycles. The van der Waals surface area contributed by atoms with Crippen molar-refractivity contribution in [2.24, 2.45) is 0 Å². The normalized spacial score (nSPS) is 17.2. The first-order chi connectivity index (χ1) is 23.5. The van der Waals surface area contributed by atoms with E-state index in [-0.39, 0.29) is 28.8 Å². The van der Waals surface area contributed by atoms with Gasteiger partial charge in [0.25, 0.3) is 0 Å². The fraction of sp³-hybridized carbons (Fsp3) is 0.289. The monoisotopic (exact) mass is 715 g/mol. The maximum atomic E-state index is 12.0. The van der Waals surface area contributed by atoms with Gasteiger partial charge in [-0.05, 0) is 103 Å². The van der Waals surface area contributed by atoms with E-state index in [4.69, 9.17) is 0 Å². The summed E-state index contributed by atoms with van der Waals surface area (Å²) in [5.41, 5.74) is 7.18. The molecular formula is C38H41N3O7S2. The molecule has 0 radical (unpaired) electrons. The molecule has 0 saturated heterocycles. The molecule has 0 bridgehead atoms. The van der Waals surface area contributed by atoms with Gasteiger partial charge in [0.05, 0.1) is 27.2 Å². The predicted octanol–water partition coefficient (Wildman–Crippen LogP) is 5.92. The van der Waals surface area contributed by atoms with Gasteiger partial charge in [0, 0.05) is 44.6 Å². The SMILES string of the molecule is CC(=O)N1c2ccc(-c3ccc(S(C)(=O)=O)cc3)cc2CC[C@@H]1C.CC(=O)N1c2ccc(-c3ccc(S(C)(=O)=O)cc3)cc2N(C=O)C[C@@H]1C. The Kier molecular flexibility index (Phi) is 10.4. The average molecular weight is 716 g/mol. The maximum Gasteiger partial charge on any atom is 0.224 e. The zero-order valence-electron chi connectivity index (χ0n) is 29.0. The number of rotatable bonds is 5. The van der Waals surface area contributed by atoms with E-state index >= 15 is 0 Å². The van der Waals surface area contributed by atoms with E-state index in [1.54, 1.807) is 53.1 Å². The highest BCUT2D eigenvalue weighted by Crippen LogP contribution is 2.38. The van der Waals surface area contributed by atoms with Gasteiger partial charge in [-0.1, -0.05) is 36.4 Å². The highest BCUT2D eigenvalue weighted by atomic mass is 32.2. The molecule has 0 N–H and O–H groups in total. The summed E-state index contributed by atoms with van der Waals surface area (Å²) in [5, 5.41) is 0. The number of nitrogens with zero attached hydrogens (tertiary/aromatic N) is 3. The molecule has 4 aromatic carbocycles. The van der Waals surface area contributed by atoms with Crippen molar-refractivity contribution >= 4 is 55.0 Å². The first kappa shape index (κ1) is 36.5. The molecule has 10 nitrogen and oxygen atoms in total. The van der Waals surface area contributed by atoms with Crippen molar-refractivity contribution in [3.8, 4) is 22.3 Å². The molecule has 4 aromatic rings. The fourth-order valence-electron chi connectivity index (χ4n) is 6.62. The van der Waals surface area contributed by atoms with E-state index in [0.717, 1.165) is 52.8 Å². The molecule has 0 fully saturated rings. The molecule has 3 amide bonds. The number of benzene rings is 4. The molecule has 0 unspecified atom stereocenters. The number of aryl methyl sites for hydroxylation is 1. The van der Waals surface area contributed by atoms with Crippen molar-refractivity contribution in [3.05, 3.63) is 90.5 Å². The van der Waals surface area contributed by atoms with Crippen LogP contribution in [-0.4, -0.2) is 66.2 Å². The number of sulfone groups is 2. The van der Waals surface area contributed by atoms with Crippen LogP contribution in [0, 0.1) is 0 Å². The first-order valence-corrected chi connectivity index (χ1v) is 20.0. The number of hydrogen-bond donors (Lipinski definition) is 0. The molecule has 2 atom stereocenters. The highest BCUT2D eigenvalue weighted by molar-refractivity contribution is 7.91. The van der Waals surface area contributed by atoms with E-state index in [1.165, 1.54) is 19.4 Å². The van der Waals surface area contributed by atoms with Gasteiger partial charge >= 0.3 is 0 Å². The quantitative estimate of drug-likeness (QED) is 0.235. The second-order valence-electron chi connectivity index (χ2n) is 12.9. The molecular weight excluding hydrogens is 675 g/mol. The summed E-state index contributed by atoms with van der Waals surface area (Å²) in [5.74, 6) is -0.0109. The lowest BCUT2D eigenvalue weighted by Crippen LogP contribution is -2.49. The molecule has 0 spiro atoms. The molecule has 2 aliphatic rings. The summed E-state index contributed by atoms with van der Waals surface area (Å²) in [6, 6.07) is 25.2. The van der Waals surface area contributed by atoms with Crippen molar-refractivity contribution in [2.45, 2.75) is 62.4 Å². The van der Waals surface area contributed by atoms with Crippen LogP contribution in [0.5, 0.6) is 0 Å². The third kappa shape index (κ3) is 7.66. The Morgan fingerprint density at radius 2 is 1.06 bits per heavy atom. The van der Waals surface area contributed by atoms with Crippen molar-refractivity contribution in [2.75, 3.05) is 33.8 Å². The van der Waals surface area contributed by atoms with Crippen LogP contribution in [0.4, 0.5) is 17.1 Å². The van der Waals surface area contributed by atoms with Gasteiger partial charge in [-0.25, -0.2) is 16.8 Å². The fourth-order valence-corrected chi connectivity index (χ4v) is 7.88. The lowest BCUT2D eigenvalue weighted by molar-refractivity contribution is -0.117. The standard InChI is InChI=1S/C19H20N2O4S.C19H21NO3S/c1-13-11-20(12-22)19-10-16(6-9-18(19)21(13)14(2)23)15-4-7-17(8-5-15)26(3,24)25;1-13-4-5-17-12-16(8-11-19(17)20(13)14(2)21)15-6-9-18(10-7-15)24(3,22)23/h4-10,12-13H,11H2,1-3H3;6-13H,4-5H2,1-3H3/t2*13-/m00/s1. The summed E-state index contributed by atoms with van der Waals surface area (Å²) >= 11 is 0. The predicted molar refractivity (Wildman–Crippen MR) is 197 cm³/mol. The number of anilines is 3. The third-order valence-corrected chi connectivity index (χ3v) is 11.4. The molecule has 12 heteroatoms. The minimum Gasteiger partial charge on any atom is -0.311 e. The van der Waals surface area contributed by atoms with Gasteiger partial charge in [-0.3, -0.25) is 14.4 Å². The summed E-state index contributed by atoms with van der Waals surface area (Å²) in [4.78, 5) is 41.2. The number of carbonyl (C=O) groups excluding carboxylic acids is 3. The third-order valence-electron chi connectivity index (χ3n) is 9.09. The Hall–Kier alpha value is -4.81. The summed E-state index contributed by atoms with van der Waals surface area (Å²) in [6.45, 7) is 7.51.